The molecule has 32 heavy (non-hydrogen) atoms. The van der Waals surface area contributed by atoms with Crippen LogP contribution in [0.15, 0.2) is 60.7 Å². The van der Waals surface area contributed by atoms with E-state index >= 15 is 0 Å². The Kier molecular flexibility index (Phi) is 6.02. The number of methoxy groups -OCH3 is 1. The molecule has 8 nitrogen and oxygen atoms in total. The molecular formula is C24H23N3O5. The first-order valence-electron chi connectivity index (χ1n) is 10.3. The molecule has 2 atom stereocenters. The minimum atomic E-state index is -0.464. The van der Waals surface area contributed by atoms with E-state index in [9.17, 15) is 19.2 Å². The van der Waals surface area contributed by atoms with E-state index < -0.39 is 5.91 Å². The summed E-state index contributed by atoms with van der Waals surface area (Å²) in [6.07, 6.45) is 4.88. The number of imide groups is 1. The number of benzene rings is 2. The highest BCUT2D eigenvalue weighted by atomic mass is 16.5. The molecule has 1 aliphatic carbocycles. The normalized spacial score (nSPS) is 19.5. The molecule has 4 amide bonds. The lowest BCUT2D eigenvalue weighted by Gasteiger charge is -2.14. The van der Waals surface area contributed by atoms with E-state index in [4.69, 9.17) is 4.74 Å². The van der Waals surface area contributed by atoms with Gasteiger partial charge in [0.2, 0.25) is 17.7 Å². The van der Waals surface area contributed by atoms with Crippen molar-refractivity contribution in [2.75, 3.05) is 24.3 Å². The Bertz CT molecular complexity index is 1050. The van der Waals surface area contributed by atoms with Crippen molar-refractivity contribution in [2.24, 2.45) is 11.8 Å². The standard InChI is InChI=1S/C24H23N3O5/c1-32-18-12-10-17(11-13-18)26-22(29)15-6-8-16(9-7-15)25-21(28)14-27-23(30)19-4-2-3-5-20(19)24(27)31/h2-3,6-13,19-20H,4-5,14H2,1H3,(H,25,28)(H,26,29)/t19-,20-/m1/s1. The lowest BCUT2D eigenvalue weighted by Crippen LogP contribution is -2.38. The molecule has 2 aromatic carbocycles. The average Bonchev–Trinajstić information content (AvgIpc) is 3.05. The fraction of sp³-hybridized carbons (Fsp3) is 0.250. The van der Waals surface area contributed by atoms with Crippen LogP contribution in [0.2, 0.25) is 0 Å². The van der Waals surface area contributed by atoms with Crippen LogP contribution in [-0.4, -0.2) is 42.2 Å². The number of amides is 4. The highest BCUT2D eigenvalue weighted by Gasteiger charge is 2.47. The Morgan fingerprint density at radius 3 is 1.97 bits per heavy atom. The Morgan fingerprint density at radius 1 is 0.875 bits per heavy atom. The minimum Gasteiger partial charge on any atom is -0.497 e. The third-order valence-electron chi connectivity index (χ3n) is 5.68. The predicted octanol–water partition coefficient (Wildman–Crippen LogP) is 2.84. The number of carbonyl (C=O) groups excluding carboxylic acids is 4. The number of ether oxygens (including phenoxy) is 1. The van der Waals surface area contributed by atoms with Crippen molar-refractivity contribution < 1.29 is 23.9 Å². The number of allylic oxidation sites excluding steroid dienone is 2. The Morgan fingerprint density at radius 2 is 1.41 bits per heavy atom. The zero-order chi connectivity index (χ0) is 22.7. The van der Waals surface area contributed by atoms with Crippen molar-refractivity contribution in [3.63, 3.8) is 0 Å². The van der Waals surface area contributed by atoms with Crippen LogP contribution in [0.25, 0.3) is 0 Å². The third kappa shape index (κ3) is 4.39. The molecule has 2 aliphatic rings. The van der Waals surface area contributed by atoms with Crippen molar-refractivity contribution in [1.82, 2.24) is 4.90 Å². The summed E-state index contributed by atoms with van der Waals surface area (Å²) in [5.74, 6) is -1.36. The second kappa shape index (κ2) is 9.05. The van der Waals surface area contributed by atoms with Crippen molar-refractivity contribution >= 4 is 35.0 Å². The van der Waals surface area contributed by atoms with E-state index in [0.717, 1.165) is 4.90 Å². The van der Waals surface area contributed by atoms with Crippen LogP contribution in [0.1, 0.15) is 23.2 Å². The topological polar surface area (TPSA) is 105 Å². The molecule has 2 N–H and O–H groups in total. The van der Waals surface area contributed by atoms with Gasteiger partial charge in [0.05, 0.1) is 18.9 Å². The first kappa shape index (κ1) is 21.3. The monoisotopic (exact) mass is 433 g/mol. The molecule has 1 fully saturated rings. The summed E-state index contributed by atoms with van der Waals surface area (Å²) >= 11 is 0. The smallest absolute Gasteiger partial charge is 0.255 e. The van der Waals surface area contributed by atoms with Crippen molar-refractivity contribution in [3.8, 4) is 5.75 Å². The van der Waals surface area contributed by atoms with Crippen molar-refractivity contribution in [1.29, 1.82) is 0 Å². The average molecular weight is 433 g/mol. The molecule has 0 radical (unpaired) electrons. The zero-order valence-electron chi connectivity index (χ0n) is 17.5. The fourth-order valence-electron chi connectivity index (χ4n) is 3.95. The summed E-state index contributed by atoms with van der Waals surface area (Å²) in [5, 5.41) is 5.46. The van der Waals surface area contributed by atoms with Gasteiger partial charge in [0.25, 0.3) is 5.91 Å². The molecule has 1 aliphatic heterocycles. The largest absolute Gasteiger partial charge is 0.497 e. The van der Waals surface area contributed by atoms with E-state index in [1.165, 1.54) is 0 Å². The van der Waals surface area contributed by atoms with E-state index in [1.54, 1.807) is 55.6 Å². The first-order chi connectivity index (χ1) is 15.5. The Balaban J connectivity index is 1.33. The number of nitrogens with zero attached hydrogens (tertiary/aromatic N) is 1. The lowest BCUT2D eigenvalue weighted by molar-refractivity contribution is -0.142. The molecule has 164 valence electrons. The van der Waals surface area contributed by atoms with Gasteiger partial charge < -0.3 is 15.4 Å². The van der Waals surface area contributed by atoms with E-state index in [-0.39, 0.29) is 36.1 Å². The molecule has 1 saturated heterocycles. The van der Waals surface area contributed by atoms with E-state index in [2.05, 4.69) is 10.6 Å². The number of carbonyl (C=O) groups is 4. The van der Waals surface area contributed by atoms with Gasteiger partial charge >= 0.3 is 0 Å². The Labute approximate surface area is 185 Å². The minimum absolute atomic E-state index is 0.287. The molecular weight excluding hydrogens is 410 g/mol. The number of nitrogens with one attached hydrogen (secondary N) is 2. The van der Waals surface area contributed by atoms with Gasteiger partial charge in [-0.3, -0.25) is 24.1 Å². The fourth-order valence-corrected chi connectivity index (χ4v) is 3.95. The summed E-state index contributed by atoms with van der Waals surface area (Å²) in [5.41, 5.74) is 1.51. The molecule has 8 heteroatoms. The van der Waals surface area contributed by atoms with Gasteiger partial charge in [-0.15, -0.1) is 0 Å². The van der Waals surface area contributed by atoms with Crippen LogP contribution >= 0.6 is 0 Å². The van der Waals surface area contributed by atoms with Crippen LogP contribution in [0.3, 0.4) is 0 Å². The molecule has 0 unspecified atom stereocenters. The van der Waals surface area contributed by atoms with Crippen LogP contribution in [0, 0.1) is 11.8 Å². The summed E-state index contributed by atoms with van der Waals surface area (Å²) in [4.78, 5) is 50.8. The third-order valence-corrected chi connectivity index (χ3v) is 5.68. The molecule has 0 bridgehead atoms. The SMILES string of the molecule is COc1ccc(NC(=O)c2ccc(NC(=O)CN3C(=O)[C@@H]4CC=CC[C@H]4C3=O)cc2)cc1. The van der Waals surface area contributed by atoms with E-state index in [1.807, 2.05) is 12.2 Å². The zero-order valence-corrected chi connectivity index (χ0v) is 17.5. The molecule has 0 spiro atoms. The lowest BCUT2D eigenvalue weighted by atomic mass is 9.85. The van der Waals surface area contributed by atoms with Gasteiger partial charge in [-0.1, -0.05) is 12.2 Å². The Hall–Kier alpha value is -3.94. The molecule has 1 heterocycles. The second-order valence-corrected chi connectivity index (χ2v) is 7.73. The van der Waals surface area contributed by atoms with Gasteiger partial charge in [0.1, 0.15) is 12.3 Å². The summed E-state index contributed by atoms with van der Waals surface area (Å²) in [7, 11) is 1.57. The van der Waals surface area contributed by atoms with Crippen LogP contribution in [0.4, 0.5) is 11.4 Å². The van der Waals surface area contributed by atoms with Gasteiger partial charge in [0, 0.05) is 16.9 Å². The number of likely N-dealkylation sites (tertiary alicyclic amines) is 1. The van der Waals surface area contributed by atoms with Gasteiger partial charge in [-0.2, -0.15) is 0 Å². The molecule has 0 aromatic heterocycles. The van der Waals surface area contributed by atoms with Crippen molar-refractivity contribution in [3.05, 3.63) is 66.2 Å². The maximum absolute atomic E-state index is 12.5. The summed E-state index contributed by atoms with van der Waals surface area (Å²) in [6.45, 7) is -0.315. The number of fused-ring (bicyclic) bond motifs is 1. The number of hydrogen-bond acceptors (Lipinski definition) is 5. The van der Waals surface area contributed by atoms with Crippen LogP contribution in [0.5, 0.6) is 5.75 Å². The molecule has 0 saturated carbocycles. The number of hydrogen-bond donors (Lipinski definition) is 2. The number of rotatable bonds is 6. The highest BCUT2D eigenvalue weighted by Crippen LogP contribution is 2.34. The highest BCUT2D eigenvalue weighted by molar-refractivity contribution is 6.09. The second-order valence-electron chi connectivity index (χ2n) is 7.73. The number of anilines is 2. The van der Waals surface area contributed by atoms with Crippen molar-refractivity contribution in [2.45, 2.75) is 12.8 Å². The van der Waals surface area contributed by atoms with Gasteiger partial charge in [-0.25, -0.2) is 0 Å². The van der Waals surface area contributed by atoms with Gasteiger partial charge in [0.15, 0.2) is 0 Å². The van der Waals surface area contributed by atoms with Gasteiger partial charge in [-0.05, 0) is 61.4 Å². The summed E-state index contributed by atoms with van der Waals surface area (Å²) in [6, 6.07) is 13.3. The molecule has 2 aromatic rings. The summed E-state index contributed by atoms with van der Waals surface area (Å²) < 4.78 is 5.09. The van der Waals surface area contributed by atoms with Crippen LogP contribution < -0.4 is 15.4 Å². The first-order valence-corrected chi connectivity index (χ1v) is 10.3. The van der Waals surface area contributed by atoms with Crippen LogP contribution in [-0.2, 0) is 14.4 Å². The quantitative estimate of drug-likeness (QED) is 0.538. The molecule has 4 rings (SSSR count). The maximum Gasteiger partial charge on any atom is 0.255 e. The van der Waals surface area contributed by atoms with E-state index in [0.29, 0.717) is 35.5 Å². The predicted molar refractivity (Wildman–Crippen MR) is 118 cm³/mol. The maximum atomic E-state index is 12.5.